The molecule has 2 aromatic carbocycles. The molecule has 0 aliphatic carbocycles. The molecule has 0 aliphatic rings. The third-order valence-corrected chi connectivity index (χ3v) is 5.30. The Morgan fingerprint density at radius 2 is 1.96 bits per heavy atom. The predicted molar refractivity (Wildman–Crippen MR) is 107 cm³/mol. The summed E-state index contributed by atoms with van der Waals surface area (Å²) in [6.45, 7) is 0. The molecule has 4 N–H and O–H groups in total. The van der Waals surface area contributed by atoms with Crippen molar-refractivity contribution >= 4 is 54.3 Å². The molecule has 0 unspecified atom stereocenters. The Morgan fingerprint density at radius 3 is 2.81 bits per heavy atom. The van der Waals surface area contributed by atoms with Crippen molar-refractivity contribution in [2.75, 3.05) is 5.73 Å². The molecule has 132 valence electrons. The van der Waals surface area contributed by atoms with Gasteiger partial charge in [0.25, 0.3) is 5.56 Å². The van der Waals surface area contributed by atoms with Crippen molar-refractivity contribution in [2.24, 2.45) is 0 Å². The van der Waals surface area contributed by atoms with Crippen LogP contribution in [0.5, 0.6) is 0 Å². The molecule has 0 aliphatic heterocycles. The number of nitrogens with one attached hydrogen (secondary N) is 2. The van der Waals surface area contributed by atoms with E-state index in [9.17, 15) is 9.18 Å². The second-order valence-corrected chi connectivity index (χ2v) is 7.03. The highest BCUT2D eigenvalue weighted by Crippen LogP contribution is 2.39. The van der Waals surface area contributed by atoms with Crippen LogP contribution in [0.15, 0.2) is 52.0 Å². The van der Waals surface area contributed by atoms with Gasteiger partial charge in [-0.15, -0.1) is 0 Å². The average molecular weight is 424 g/mol. The van der Waals surface area contributed by atoms with Gasteiger partial charge in [-0.2, -0.15) is 5.10 Å². The summed E-state index contributed by atoms with van der Waals surface area (Å²) < 4.78 is 14.9. The van der Waals surface area contributed by atoms with Gasteiger partial charge in [0.05, 0.1) is 17.2 Å². The summed E-state index contributed by atoms with van der Waals surface area (Å²) in [4.78, 5) is 19.8. The van der Waals surface area contributed by atoms with Gasteiger partial charge >= 0.3 is 0 Å². The molecular formula is C19H11BrFN5O. The Bertz CT molecular complexity index is 1440. The van der Waals surface area contributed by atoms with Gasteiger partial charge in [0.15, 0.2) is 0 Å². The van der Waals surface area contributed by atoms with E-state index >= 15 is 0 Å². The molecule has 5 aromatic rings. The van der Waals surface area contributed by atoms with Crippen molar-refractivity contribution in [1.29, 1.82) is 0 Å². The van der Waals surface area contributed by atoms with Crippen LogP contribution < -0.4 is 11.3 Å². The number of hydrogen-bond acceptors (Lipinski definition) is 4. The lowest BCUT2D eigenvalue weighted by atomic mass is 9.95. The minimum Gasteiger partial charge on any atom is -0.394 e. The number of aromatic amines is 2. The molecule has 0 saturated heterocycles. The molecule has 0 amide bonds. The van der Waals surface area contributed by atoms with Gasteiger partial charge in [-0.25, -0.2) is 4.39 Å². The first-order valence-corrected chi connectivity index (χ1v) is 8.86. The number of nitrogens with zero attached hydrogens (tertiary/aromatic N) is 2. The van der Waals surface area contributed by atoms with E-state index in [1.54, 1.807) is 18.3 Å². The second-order valence-electron chi connectivity index (χ2n) is 6.18. The Kier molecular flexibility index (Phi) is 3.32. The molecule has 3 heterocycles. The molecule has 6 nitrogen and oxygen atoms in total. The van der Waals surface area contributed by atoms with Gasteiger partial charge in [0.2, 0.25) is 0 Å². The number of H-pyrrole nitrogens is 2. The maximum Gasteiger partial charge on any atom is 0.272 e. The number of benzene rings is 2. The number of fused-ring (bicyclic) bond motifs is 4. The SMILES string of the molecule is Nc1c(-c2ccc(F)c3[nH]ncc23)c2cc(Br)c3ncccc3c2[nH]c1=O. The molecule has 8 heteroatoms. The highest BCUT2D eigenvalue weighted by molar-refractivity contribution is 9.10. The number of aromatic nitrogens is 4. The quantitative estimate of drug-likeness (QED) is 0.353. The zero-order valence-electron chi connectivity index (χ0n) is 13.7. The fourth-order valence-electron chi connectivity index (χ4n) is 3.49. The van der Waals surface area contributed by atoms with Gasteiger partial charge in [0, 0.05) is 32.4 Å². The summed E-state index contributed by atoms with van der Waals surface area (Å²) in [6, 6.07) is 8.48. The lowest BCUT2D eigenvalue weighted by molar-refractivity contribution is 0.636. The molecule has 0 saturated carbocycles. The molecule has 5 rings (SSSR count). The van der Waals surface area contributed by atoms with Crippen molar-refractivity contribution in [2.45, 2.75) is 0 Å². The highest BCUT2D eigenvalue weighted by Gasteiger charge is 2.19. The normalized spacial score (nSPS) is 11.6. The number of pyridine rings is 2. The van der Waals surface area contributed by atoms with Crippen LogP contribution in [-0.2, 0) is 0 Å². The van der Waals surface area contributed by atoms with Crippen LogP contribution in [0.3, 0.4) is 0 Å². The Hall–Kier alpha value is -3.26. The number of anilines is 1. The highest BCUT2D eigenvalue weighted by atomic mass is 79.9. The van der Waals surface area contributed by atoms with E-state index in [4.69, 9.17) is 5.73 Å². The van der Waals surface area contributed by atoms with Crippen LogP contribution in [-0.4, -0.2) is 20.2 Å². The van der Waals surface area contributed by atoms with Crippen molar-refractivity contribution < 1.29 is 4.39 Å². The van der Waals surface area contributed by atoms with Gasteiger partial charge in [0.1, 0.15) is 17.0 Å². The smallest absolute Gasteiger partial charge is 0.272 e. The first-order chi connectivity index (χ1) is 13.1. The Morgan fingerprint density at radius 1 is 1.11 bits per heavy atom. The van der Waals surface area contributed by atoms with Gasteiger partial charge in [-0.05, 0) is 45.8 Å². The lowest BCUT2D eigenvalue weighted by Crippen LogP contribution is -2.14. The standard InChI is InChI=1S/C19H11BrFN5O/c20-12-6-10-14(8-3-4-13(21)18-11(8)7-24-26-18)15(22)19(27)25-16(10)9-2-1-5-23-17(9)12/h1-7H,22H2,(H,24,26)(H,25,27). The number of nitrogens with two attached hydrogens (primary N) is 1. The van der Waals surface area contributed by atoms with Crippen LogP contribution in [0.2, 0.25) is 0 Å². The summed E-state index contributed by atoms with van der Waals surface area (Å²) in [5.74, 6) is -0.421. The maximum atomic E-state index is 14.1. The molecule has 0 bridgehead atoms. The minimum atomic E-state index is -0.421. The van der Waals surface area contributed by atoms with E-state index in [1.807, 2.05) is 12.1 Å². The summed E-state index contributed by atoms with van der Waals surface area (Å²) >= 11 is 3.55. The Labute approximate surface area is 159 Å². The fourth-order valence-corrected chi connectivity index (χ4v) is 4.04. The first kappa shape index (κ1) is 16.0. The summed E-state index contributed by atoms with van der Waals surface area (Å²) in [5, 5.41) is 8.65. The second kappa shape index (κ2) is 5.62. The molecule has 0 atom stereocenters. The van der Waals surface area contributed by atoms with Crippen LogP contribution >= 0.6 is 15.9 Å². The van der Waals surface area contributed by atoms with Crippen molar-refractivity contribution in [1.82, 2.24) is 20.2 Å². The third-order valence-electron chi connectivity index (χ3n) is 4.70. The van der Waals surface area contributed by atoms with Crippen LogP contribution in [0.4, 0.5) is 10.1 Å². The van der Waals surface area contributed by atoms with Crippen molar-refractivity contribution in [3.05, 3.63) is 63.4 Å². The third kappa shape index (κ3) is 2.20. The van der Waals surface area contributed by atoms with E-state index in [1.165, 1.54) is 12.3 Å². The van der Waals surface area contributed by atoms with Gasteiger partial charge < -0.3 is 10.7 Å². The van der Waals surface area contributed by atoms with E-state index < -0.39 is 11.4 Å². The maximum absolute atomic E-state index is 14.1. The van der Waals surface area contributed by atoms with E-state index in [0.717, 1.165) is 20.8 Å². The average Bonchev–Trinajstić information content (AvgIpc) is 3.16. The molecule has 0 fully saturated rings. The summed E-state index contributed by atoms with van der Waals surface area (Å²) in [6.07, 6.45) is 3.21. The number of halogens is 2. The Balaban J connectivity index is 2.03. The van der Waals surface area contributed by atoms with Crippen molar-refractivity contribution in [3.63, 3.8) is 0 Å². The molecule has 0 spiro atoms. The molecular weight excluding hydrogens is 413 g/mol. The number of hydrogen-bond donors (Lipinski definition) is 3. The van der Waals surface area contributed by atoms with E-state index in [0.29, 0.717) is 22.0 Å². The number of nitrogen functional groups attached to an aromatic ring is 1. The fraction of sp³-hybridized carbons (Fsp3) is 0. The predicted octanol–water partition coefficient (Wildman–Crippen LogP) is 4.10. The summed E-state index contributed by atoms with van der Waals surface area (Å²) in [7, 11) is 0. The summed E-state index contributed by atoms with van der Waals surface area (Å²) in [5.41, 5.74) is 8.60. The van der Waals surface area contributed by atoms with Gasteiger partial charge in [-0.1, -0.05) is 6.07 Å². The largest absolute Gasteiger partial charge is 0.394 e. The van der Waals surface area contributed by atoms with Crippen LogP contribution in [0.1, 0.15) is 0 Å². The van der Waals surface area contributed by atoms with Crippen LogP contribution in [0, 0.1) is 5.82 Å². The molecule has 27 heavy (non-hydrogen) atoms. The van der Waals surface area contributed by atoms with Crippen molar-refractivity contribution in [3.8, 4) is 11.1 Å². The molecule has 0 radical (unpaired) electrons. The van der Waals surface area contributed by atoms with E-state index in [2.05, 4.69) is 36.1 Å². The molecule has 3 aromatic heterocycles. The zero-order chi connectivity index (χ0) is 18.7. The lowest BCUT2D eigenvalue weighted by Gasteiger charge is -2.13. The first-order valence-electron chi connectivity index (χ1n) is 8.07. The van der Waals surface area contributed by atoms with Crippen LogP contribution in [0.25, 0.3) is 43.8 Å². The topological polar surface area (TPSA) is 100 Å². The number of rotatable bonds is 1. The monoisotopic (exact) mass is 423 g/mol. The van der Waals surface area contributed by atoms with E-state index in [-0.39, 0.29) is 11.2 Å². The zero-order valence-corrected chi connectivity index (χ0v) is 15.3. The minimum absolute atomic E-state index is 0.0618. The van der Waals surface area contributed by atoms with Gasteiger partial charge in [-0.3, -0.25) is 14.9 Å².